The highest BCUT2D eigenvalue weighted by atomic mass is 32.2. The summed E-state index contributed by atoms with van der Waals surface area (Å²) in [6, 6.07) is 5.32. The Morgan fingerprint density at radius 3 is 2.44 bits per heavy atom. The number of hydrogen-bond acceptors (Lipinski definition) is 6. The van der Waals surface area contributed by atoms with E-state index in [4.69, 9.17) is 0 Å². The van der Waals surface area contributed by atoms with E-state index in [1.165, 1.54) is 25.2 Å². The largest absolute Gasteiger partial charge is 0.416 e. The fourth-order valence-electron chi connectivity index (χ4n) is 5.17. The van der Waals surface area contributed by atoms with Gasteiger partial charge in [-0.3, -0.25) is 9.69 Å². The van der Waals surface area contributed by atoms with Crippen LogP contribution in [0.4, 0.5) is 28.4 Å². The van der Waals surface area contributed by atoms with Crippen molar-refractivity contribution in [2.45, 2.75) is 42.4 Å². The number of allylic oxidation sites excluding steroid dienone is 1. The zero-order valence-corrected chi connectivity index (χ0v) is 21.8. The minimum absolute atomic E-state index is 0.00376. The predicted molar refractivity (Wildman–Crippen MR) is 135 cm³/mol. The van der Waals surface area contributed by atoms with Crippen LogP contribution in [0.5, 0.6) is 0 Å². The number of anilines is 1. The Bertz CT molecular complexity index is 1530. The Labute approximate surface area is 222 Å². The van der Waals surface area contributed by atoms with E-state index in [-0.39, 0.29) is 46.3 Å². The van der Waals surface area contributed by atoms with E-state index >= 15 is 0 Å². The first-order valence-corrected chi connectivity index (χ1v) is 14.1. The average molecular weight is 563 g/mol. The van der Waals surface area contributed by atoms with Gasteiger partial charge in [-0.2, -0.15) is 13.2 Å². The van der Waals surface area contributed by atoms with Crippen molar-refractivity contribution in [2.24, 2.45) is 0 Å². The lowest BCUT2D eigenvalue weighted by atomic mass is 9.83. The van der Waals surface area contributed by atoms with Crippen LogP contribution in [0.15, 0.2) is 58.6 Å². The highest BCUT2D eigenvalue weighted by Crippen LogP contribution is 2.46. The van der Waals surface area contributed by atoms with Gasteiger partial charge in [0, 0.05) is 43.6 Å². The SMILES string of the molecule is CNC(=O)N1C(=O)N(c2cccc(C(F)(F)F)c2)C2=C(C(=O)CCC2)C1c1ccc(C2CN2)cc1S(C)(=O)=O. The van der Waals surface area contributed by atoms with Gasteiger partial charge in [0.2, 0.25) is 0 Å². The van der Waals surface area contributed by atoms with Crippen molar-refractivity contribution in [2.75, 3.05) is 24.7 Å². The fraction of sp³-hybridized carbons (Fsp3) is 0.346. The highest BCUT2D eigenvalue weighted by Gasteiger charge is 2.48. The van der Waals surface area contributed by atoms with E-state index in [0.29, 0.717) is 23.4 Å². The lowest BCUT2D eigenvalue weighted by Crippen LogP contribution is -2.56. The van der Waals surface area contributed by atoms with Crippen molar-refractivity contribution in [3.8, 4) is 0 Å². The molecule has 5 rings (SSSR count). The fourth-order valence-corrected chi connectivity index (χ4v) is 6.13. The Kier molecular flexibility index (Phi) is 6.54. The van der Waals surface area contributed by atoms with E-state index in [1.807, 2.05) is 0 Å². The number of alkyl halides is 3. The number of amides is 4. The molecule has 0 saturated carbocycles. The maximum atomic E-state index is 14.0. The van der Waals surface area contributed by atoms with Crippen LogP contribution in [0, 0.1) is 0 Å². The normalized spacial score (nSPS) is 21.7. The molecule has 2 aromatic rings. The van der Waals surface area contributed by atoms with Crippen molar-refractivity contribution < 1.29 is 36.0 Å². The Hall–Kier alpha value is -3.71. The van der Waals surface area contributed by atoms with Crippen molar-refractivity contribution in [1.29, 1.82) is 0 Å². The van der Waals surface area contributed by atoms with Crippen molar-refractivity contribution >= 4 is 33.4 Å². The first-order chi connectivity index (χ1) is 18.3. The molecule has 206 valence electrons. The molecule has 2 heterocycles. The topological polar surface area (TPSA) is 126 Å². The van der Waals surface area contributed by atoms with Crippen LogP contribution in [-0.2, 0) is 20.8 Å². The van der Waals surface area contributed by atoms with E-state index in [0.717, 1.165) is 29.4 Å². The number of halogens is 3. The lowest BCUT2D eigenvalue weighted by molar-refractivity contribution is -0.137. The molecule has 2 N–H and O–H groups in total. The molecule has 2 aliphatic heterocycles. The quantitative estimate of drug-likeness (QED) is 0.541. The molecule has 0 aromatic heterocycles. The van der Waals surface area contributed by atoms with Crippen LogP contribution in [0.3, 0.4) is 0 Å². The van der Waals surface area contributed by atoms with Gasteiger partial charge in [-0.05, 0) is 48.2 Å². The minimum Gasteiger partial charge on any atom is -0.341 e. The van der Waals surface area contributed by atoms with Gasteiger partial charge in [0.05, 0.1) is 16.1 Å². The Morgan fingerprint density at radius 1 is 1.10 bits per heavy atom. The maximum absolute atomic E-state index is 14.0. The molecule has 2 unspecified atom stereocenters. The van der Waals surface area contributed by atoms with Crippen molar-refractivity contribution in [3.63, 3.8) is 0 Å². The number of sulfone groups is 1. The molecule has 2 atom stereocenters. The number of imide groups is 1. The molecule has 0 radical (unpaired) electrons. The van der Waals surface area contributed by atoms with Crippen LogP contribution < -0.4 is 15.5 Å². The van der Waals surface area contributed by atoms with Gasteiger partial charge in [-0.25, -0.2) is 22.9 Å². The van der Waals surface area contributed by atoms with Crippen molar-refractivity contribution in [1.82, 2.24) is 15.5 Å². The van der Waals surface area contributed by atoms with Crippen LogP contribution in [0.1, 0.15) is 48.0 Å². The molecule has 1 fully saturated rings. The summed E-state index contributed by atoms with van der Waals surface area (Å²) < 4.78 is 66.4. The second kappa shape index (κ2) is 9.49. The molecule has 1 aliphatic carbocycles. The summed E-state index contributed by atoms with van der Waals surface area (Å²) in [5.41, 5.74) is -0.262. The molecule has 0 bridgehead atoms. The van der Waals surface area contributed by atoms with Crippen LogP contribution >= 0.6 is 0 Å². The second-order valence-electron chi connectivity index (χ2n) is 9.66. The van der Waals surface area contributed by atoms with Gasteiger partial charge in [0.25, 0.3) is 0 Å². The maximum Gasteiger partial charge on any atom is 0.416 e. The summed E-state index contributed by atoms with van der Waals surface area (Å²) in [4.78, 5) is 42.1. The molecular formula is C26H25F3N4O5S. The second-order valence-corrected chi connectivity index (χ2v) is 11.6. The molecule has 0 spiro atoms. The first kappa shape index (κ1) is 26.9. The summed E-state index contributed by atoms with van der Waals surface area (Å²) >= 11 is 0. The van der Waals surface area contributed by atoms with Crippen LogP contribution in [0.25, 0.3) is 0 Å². The van der Waals surface area contributed by atoms with Gasteiger partial charge in [0.15, 0.2) is 15.6 Å². The Balaban J connectivity index is 1.78. The van der Waals surface area contributed by atoms with Gasteiger partial charge < -0.3 is 10.6 Å². The zero-order chi connectivity index (χ0) is 28.3. The van der Waals surface area contributed by atoms with Crippen LogP contribution in [-0.4, -0.2) is 51.0 Å². The third-order valence-corrected chi connectivity index (χ3v) is 8.19. The van der Waals surface area contributed by atoms with Gasteiger partial charge in [0.1, 0.15) is 6.04 Å². The summed E-state index contributed by atoms with van der Waals surface area (Å²) in [5.74, 6) is -0.424. The van der Waals surface area contributed by atoms with Gasteiger partial charge in [-0.15, -0.1) is 0 Å². The third kappa shape index (κ3) is 4.80. The molecule has 2 aromatic carbocycles. The minimum atomic E-state index is -4.69. The molecule has 1 saturated heterocycles. The molecule has 39 heavy (non-hydrogen) atoms. The lowest BCUT2D eigenvalue weighted by Gasteiger charge is -2.44. The number of benzene rings is 2. The number of nitrogens with zero attached hydrogens (tertiary/aromatic N) is 2. The predicted octanol–water partition coefficient (Wildman–Crippen LogP) is 4.08. The van der Waals surface area contributed by atoms with E-state index < -0.39 is 45.5 Å². The summed E-state index contributed by atoms with van der Waals surface area (Å²) in [6.45, 7) is 0.661. The number of rotatable bonds is 4. The number of Topliss-reactive ketones (excluding diaryl/α,β-unsaturated/α-hetero) is 1. The summed E-state index contributed by atoms with van der Waals surface area (Å²) in [6.07, 6.45) is -3.13. The number of ketones is 1. The standard InChI is InChI=1S/C26H25F3N4O5S/c1-30-24(35)33-23(17-10-9-14(18-13-31-18)11-21(17)39(2,37)38)22-19(7-4-8-20(22)34)32(25(33)36)16-6-3-5-15(12-16)26(27,28)29/h3,5-6,9-12,18,23,31H,4,7-8,13H2,1-2H3,(H,30,35). The molecule has 4 amide bonds. The third-order valence-electron chi connectivity index (χ3n) is 7.03. The molecular weight excluding hydrogens is 537 g/mol. The van der Waals surface area contributed by atoms with Gasteiger partial charge >= 0.3 is 18.2 Å². The number of nitrogens with one attached hydrogen (secondary N) is 2. The monoisotopic (exact) mass is 562 g/mol. The Morgan fingerprint density at radius 2 is 1.82 bits per heavy atom. The van der Waals surface area contributed by atoms with Gasteiger partial charge in [-0.1, -0.05) is 18.2 Å². The summed E-state index contributed by atoms with van der Waals surface area (Å²) in [5, 5.41) is 5.44. The number of urea groups is 2. The van der Waals surface area contributed by atoms with E-state index in [9.17, 15) is 36.0 Å². The average Bonchev–Trinajstić information content (AvgIpc) is 3.72. The zero-order valence-electron chi connectivity index (χ0n) is 21.0. The smallest absolute Gasteiger partial charge is 0.341 e. The van der Waals surface area contributed by atoms with Crippen LogP contribution in [0.2, 0.25) is 0 Å². The van der Waals surface area contributed by atoms with Crippen molar-refractivity contribution in [3.05, 3.63) is 70.4 Å². The first-order valence-electron chi connectivity index (χ1n) is 12.2. The number of hydrogen-bond donors (Lipinski definition) is 2. The number of carbonyl (C=O) groups is 3. The molecule has 3 aliphatic rings. The van der Waals surface area contributed by atoms with E-state index in [2.05, 4.69) is 10.6 Å². The molecule has 13 heteroatoms. The summed E-state index contributed by atoms with van der Waals surface area (Å²) in [7, 11) is -2.64. The van der Waals surface area contributed by atoms with E-state index in [1.54, 1.807) is 6.07 Å². The highest BCUT2D eigenvalue weighted by molar-refractivity contribution is 7.90. The molecule has 9 nitrogen and oxygen atoms in total. The number of carbonyl (C=O) groups excluding carboxylic acids is 3.